The minimum atomic E-state index is -0.706. The van der Waals surface area contributed by atoms with Gasteiger partial charge < -0.3 is 15.7 Å². The Morgan fingerprint density at radius 2 is 2.12 bits per heavy atom. The lowest BCUT2D eigenvalue weighted by molar-refractivity contribution is -0.170. The summed E-state index contributed by atoms with van der Waals surface area (Å²) in [5.74, 6) is 0.587. The largest absolute Gasteiger partial charge is 0.388 e. The van der Waals surface area contributed by atoms with Gasteiger partial charge in [0.1, 0.15) is 0 Å². The van der Waals surface area contributed by atoms with E-state index in [0.29, 0.717) is 12.0 Å². The van der Waals surface area contributed by atoms with Gasteiger partial charge in [0.15, 0.2) is 0 Å². The predicted octanol–water partition coefficient (Wildman–Crippen LogP) is 2.37. The molecule has 0 spiro atoms. The van der Waals surface area contributed by atoms with Gasteiger partial charge in [-0.2, -0.15) is 0 Å². The van der Waals surface area contributed by atoms with Crippen LogP contribution in [-0.4, -0.2) is 62.6 Å². The number of halogens is 1. The highest BCUT2D eigenvalue weighted by atomic mass is 79.9. The number of hydrogen-bond acceptors (Lipinski definition) is 4. The van der Waals surface area contributed by atoms with Crippen LogP contribution in [0.4, 0.5) is 0 Å². The minimum Gasteiger partial charge on any atom is -0.388 e. The number of alkyl halides is 1. The van der Waals surface area contributed by atoms with Crippen molar-refractivity contribution in [1.29, 1.82) is 0 Å². The minimum absolute atomic E-state index is 0.0676. The van der Waals surface area contributed by atoms with Crippen molar-refractivity contribution in [3.05, 3.63) is 23.9 Å². The highest BCUT2D eigenvalue weighted by Crippen LogP contribution is 2.63. The van der Waals surface area contributed by atoms with Gasteiger partial charge in [-0.15, -0.1) is 0 Å². The second kappa shape index (κ2) is 5.34. The fourth-order valence-electron chi connectivity index (χ4n) is 6.97. The van der Waals surface area contributed by atoms with E-state index >= 15 is 0 Å². The Balaban J connectivity index is 1.51. The third kappa shape index (κ3) is 2.35. The van der Waals surface area contributed by atoms with E-state index in [4.69, 9.17) is 5.73 Å². The van der Waals surface area contributed by atoms with Crippen LogP contribution >= 0.6 is 15.9 Å². The lowest BCUT2D eigenvalue weighted by Crippen LogP contribution is -2.79. The van der Waals surface area contributed by atoms with E-state index in [0.717, 1.165) is 32.2 Å². The zero-order valence-electron chi connectivity index (χ0n) is 15.1. The molecule has 5 fully saturated rings. The van der Waals surface area contributed by atoms with Crippen LogP contribution in [0.15, 0.2) is 23.9 Å². The van der Waals surface area contributed by atoms with Crippen molar-refractivity contribution in [2.75, 3.05) is 20.1 Å². The summed E-state index contributed by atoms with van der Waals surface area (Å²) >= 11 is 4.02. The van der Waals surface area contributed by atoms with E-state index in [1.54, 1.807) is 0 Å². The van der Waals surface area contributed by atoms with Gasteiger partial charge in [-0.25, -0.2) is 0 Å². The highest BCUT2D eigenvalue weighted by Gasteiger charge is 2.68. The van der Waals surface area contributed by atoms with Crippen molar-refractivity contribution in [2.24, 2.45) is 11.7 Å². The van der Waals surface area contributed by atoms with Crippen molar-refractivity contribution in [2.45, 2.75) is 72.5 Å². The molecule has 0 radical (unpaired) electrons. The molecule has 4 bridgehead atoms. The summed E-state index contributed by atoms with van der Waals surface area (Å²) in [6, 6.07) is 0.373. The number of aliphatic hydroxyl groups is 1. The summed E-state index contributed by atoms with van der Waals surface area (Å²) in [5.41, 5.74) is 7.38. The monoisotopic (exact) mass is 407 g/mol. The third-order valence-electron chi connectivity index (χ3n) is 7.74. The van der Waals surface area contributed by atoms with Crippen molar-refractivity contribution in [3.8, 4) is 0 Å². The van der Waals surface area contributed by atoms with Gasteiger partial charge in [-0.3, -0.25) is 4.90 Å². The molecule has 138 valence electrons. The molecule has 5 heteroatoms. The quantitative estimate of drug-likeness (QED) is 0.689. The average molecular weight is 408 g/mol. The lowest BCUT2D eigenvalue weighted by atomic mass is 9.48. The molecule has 2 aliphatic heterocycles. The first-order valence-corrected chi connectivity index (χ1v) is 10.7. The first-order valence-electron chi connectivity index (χ1n) is 9.86. The normalized spacial score (nSPS) is 52.1. The van der Waals surface area contributed by atoms with E-state index in [2.05, 4.69) is 51.1 Å². The molecule has 4 aliphatic carbocycles. The van der Waals surface area contributed by atoms with Crippen molar-refractivity contribution < 1.29 is 5.11 Å². The smallest absolute Gasteiger partial charge is 0.0836 e. The Kier molecular flexibility index (Phi) is 3.59. The first-order chi connectivity index (χ1) is 11.8. The predicted molar refractivity (Wildman–Crippen MR) is 103 cm³/mol. The Morgan fingerprint density at radius 3 is 2.84 bits per heavy atom. The van der Waals surface area contributed by atoms with Gasteiger partial charge >= 0.3 is 0 Å². The molecule has 25 heavy (non-hydrogen) atoms. The molecule has 6 aliphatic rings. The molecule has 6 rings (SSSR count). The molecular weight excluding hydrogens is 378 g/mol. The molecule has 1 saturated heterocycles. The first kappa shape index (κ1) is 16.8. The van der Waals surface area contributed by atoms with Gasteiger partial charge in [0.2, 0.25) is 0 Å². The topological polar surface area (TPSA) is 52.7 Å². The molecule has 0 aromatic rings. The molecule has 4 unspecified atom stereocenters. The van der Waals surface area contributed by atoms with Gasteiger partial charge in [-0.1, -0.05) is 28.1 Å². The SMILES string of the molecule is CN1CCCC1C1=CN([C@@]23CC4CC(Br)(C[C@](O)(C4)C2N)C3)CC=C1. The maximum Gasteiger partial charge on any atom is 0.0836 e. The van der Waals surface area contributed by atoms with E-state index in [9.17, 15) is 5.11 Å². The van der Waals surface area contributed by atoms with Crippen molar-refractivity contribution in [1.82, 2.24) is 9.80 Å². The Morgan fingerprint density at radius 1 is 1.28 bits per heavy atom. The molecule has 4 saturated carbocycles. The van der Waals surface area contributed by atoms with Crippen LogP contribution in [0.5, 0.6) is 0 Å². The number of likely N-dealkylation sites (N-methyl/N-ethyl adjacent to an activating group) is 1. The van der Waals surface area contributed by atoms with Crippen molar-refractivity contribution >= 4 is 15.9 Å². The van der Waals surface area contributed by atoms with Crippen LogP contribution in [0, 0.1) is 5.92 Å². The number of rotatable bonds is 2. The van der Waals surface area contributed by atoms with Crippen LogP contribution in [0.2, 0.25) is 0 Å². The number of nitrogens with two attached hydrogens (primary N) is 1. The fraction of sp³-hybridized carbons (Fsp3) is 0.800. The molecule has 4 nitrogen and oxygen atoms in total. The van der Waals surface area contributed by atoms with E-state index < -0.39 is 5.60 Å². The van der Waals surface area contributed by atoms with Gasteiger partial charge in [0.05, 0.1) is 17.2 Å². The van der Waals surface area contributed by atoms with Crippen LogP contribution in [-0.2, 0) is 0 Å². The zero-order valence-corrected chi connectivity index (χ0v) is 16.7. The number of nitrogens with zero attached hydrogens (tertiary/aromatic N) is 2. The summed E-state index contributed by atoms with van der Waals surface area (Å²) < 4.78 is 0.0676. The summed E-state index contributed by atoms with van der Waals surface area (Å²) in [7, 11) is 2.23. The standard InChI is InChI=1S/C20H30BrN3O/c1-23-6-3-5-16(23)15-4-2-7-24(11-15)19-9-14-8-18(21,12-19)13-20(25,10-14)17(19)22/h2,4,11,14,16-17,25H,3,5-10,12-13,22H2,1H3/t14?,16?,17?,18?,19-,20-/m1/s1. The Labute approximate surface area is 159 Å². The maximum atomic E-state index is 11.3. The molecule has 3 N–H and O–H groups in total. The van der Waals surface area contributed by atoms with Gasteiger partial charge in [0, 0.05) is 23.1 Å². The Hall–Kier alpha value is -0.360. The van der Waals surface area contributed by atoms with Gasteiger partial charge in [-0.05, 0) is 70.0 Å². The molecular formula is C20H30BrN3O. The molecule has 0 aromatic carbocycles. The molecule has 2 heterocycles. The van der Waals surface area contributed by atoms with E-state index in [1.807, 2.05) is 0 Å². The van der Waals surface area contributed by atoms with Crippen LogP contribution in [0.25, 0.3) is 0 Å². The second-order valence-electron chi connectivity index (χ2n) is 9.49. The highest BCUT2D eigenvalue weighted by molar-refractivity contribution is 9.10. The molecule has 6 atom stereocenters. The maximum absolute atomic E-state index is 11.3. The number of likely N-dealkylation sites (tertiary alicyclic amines) is 1. The molecule has 0 amide bonds. The zero-order chi connectivity index (χ0) is 17.4. The number of hydrogen-bond donors (Lipinski definition) is 2. The van der Waals surface area contributed by atoms with Crippen LogP contribution in [0.1, 0.15) is 44.9 Å². The molecule has 0 aromatic heterocycles. The van der Waals surface area contributed by atoms with E-state index in [-0.39, 0.29) is 15.9 Å². The van der Waals surface area contributed by atoms with Crippen LogP contribution in [0.3, 0.4) is 0 Å². The second-order valence-corrected chi connectivity index (χ2v) is 11.2. The lowest BCUT2D eigenvalue weighted by Gasteiger charge is -2.69. The summed E-state index contributed by atoms with van der Waals surface area (Å²) in [5, 5.41) is 11.3. The average Bonchev–Trinajstić information content (AvgIpc) is 2.97. The summed E-state index contributed by atoms with van der Waals surface area (Å²) in [4.78, 5) is 4.98. The Bertz CT molecular complexity index is 651. The van der Waals surface area contributed by atoms with Crippen LogP contribution < -0.4 is 5.73 Å². The summed E-state index contributed by atoms with van der Waals surface area (Å²) in [6.07, 6.45) is 14.6. The fourth-order valence-corrected chi connectivity index (χ4v) is 8.40. The third-order valence-corrected chi connectivity index (χ3v) is 8.62. The summed E-state index contributed by atoms with van der Waals surface area (Å²) in [6.45, 7) is 2.10. The van der Waals surface area contributed by atoms with Gasteiger partial charge in [0.25, 0.3) is 0 Å². The van der Waals surface area contributed by atoms with E-state index in [1.165, 1.54) is 31.4 Å². The van der Waals surface area contributed by atoms with Crippen molar-refractivity contribution in [3.63, 3.8) is 0 Å².